The molecule has 1 aliphatic heterocycles. The predicted octanol–water partition coefficient (Wildman–Crippen LogP) is 4.71. The summed E-state index contributed by atoms with van der Waals surface area (Å²) in [6, 6.07) is 12.7. The predicted molar refractivity (Wildman–Crippen MR) is 89.7 cm³/mol. The number of benzene rings is 2. The second-order valence-corrected chi connectivity index (χ2v) is 5.78. The number of hydrogen-bond acceptors (Lipinski definition) is 3. The van der Waals surface area contributed by atoms with E-state index in [0.29, 0.717) is 6.61 Å². The Bertz CT molecular complexity index is 860. The van der Waals surface area contributed by atoms with Crippen molar-refractivity contribution in [3.63, 3.8) is 0 Å². The molecule has 112 valence electrons. The highest BCUT2D eigenvalue weighted by atomic mass is 16.5. The Morgan fingerprint density at radius 1 is 1.05 bits per heavy atom. The zero-order valence-electron chi connectivity index (χ0n) is 12.8. The maximum Gasteiger partial charge on any atom is 0.216 e. The minimum Gasteiger partial charge on any atom is -0.476 e. The molecule has 0 saturated heterocycles. The molecular weight excluding hydrogens is 274 g/mol. The Kier molecular flexibility index (Phi) is 3.34. The van der Waals surface area contributed by atoms with Gasteiger partial charge in [-0.3, -0.25) is 0 Å². The van der Waals surface area contributed by atoms with Crippen LogP contribution in [0.25, 0.3) is 21.9 Å². The fraction of sp³-hybridized carbons (Fsp3) is 0.316. The van der Waals surface area contributed by atoms with E-state index in [0.717, 1.165) is 41.0 Å². The number of aliphatic imine (C=N–C) groups is 1. The minimum atomic E-state index is 0.681. The fourth-order valence-corrected chi connectivity index (χ4v) is 3.00. The summed E-state index contributed by atoms with van der Waals surface area (Å²) in [6.07, 6.45) is 3.55. The third kappa shape index (κ3) is 2.27. The van der Waals surface area contributed by atoms with Gasteiger partial charge in [0.1, 0.15) is 17.8 Å². The first-order chi connectivity index (χ1) is 10.8. The van der Waals surface area contributed by atoms with E-state index in [2.05, 4.69) is 36.2 Å². The molecule has 0 amide bonds. The highest BCUT2D eigenvalue weighted by Gasteiger charge is 2.14. The van der Waals surface area contributed by atoms with Gasteiger partial charge < -0.3 is 9.15 Å². The quantitative estimate of drug-likeness (QED) is 0.698. The molecule has 0 aliphatic carbocycles. The summed E-state index contributed by atoms with van der Waals surface area (Å²) in [5.41, 5.74) is 4.27. The summed E-state index contributed by atoms with van der Waals surface area (Å²) < 4.78 is 11.5. The standard InChI is InChI=1S/C19H19NO2/c1-2-3-4-13-5-7-17-15(11-13)16-12-14(6-8-18(16)22-17)19-20-9-10-21-19/h5-8,11-12H,2-4,9-10H2,1H3. The van der Waals surface area contributed by atoms with Crippen molar-refractivity contribution in [2.45, 2.75) is 26.2 Å². The SMILES string of the molecule is CCCCc1ccc2oc3ccc(C4=NCCO4)cc3c2c1. The van der Waals surface area contributed by atoms with E-state index in [-0.39, 0.29) is 0 Å². The number of ether oxygens (including phenoxy) is 1. The third-order valence-corrected chi connectivity index (χ3v) is 4.19. The van der Waals surface area contributed by atoms with Gasteiger partial charge in [-0.15, -0.1) is 0 Å². The van der Waals surface area contributed by atoms with Crippen LogP contribution in [0.15, 0.2) is 45.8 Å². The molecule has 0 bridgehead atoms. The van der Waals surface area contributed by atoms with E-state index in [1.165, 1.54) is 23.8 Å². The zero-order valence-corrected chi connectivity index (χ0v) is 12.8. The van der Waals surface area contributed by atoms with Gasteiger partial charge in [-0.05, 0) is 48.7 Å². The number of nitrogens with zero attached hydrogens (tertiary/aromatic N) is 1. The third-order valence-electron chi connectivity index (χ3n) is 4.19. The maximum atomic E-state index is 5.95. The van der Waals surface area contributed by atoms with E-state index in [1.807, 2.05) is 12.1 Å². The molecule has 0 radical (unpaired) electrons. The number of fused-ring (bicyclic) bond motifs is 3. The van der Waals surface area contributed by atoms with Gasteiger partial charge in [0.25, 0.3) is 0 Å². The van der Waals surface area contributed by atoms with E-state index in [9.17, 15) is 0 Å². The van der Waals surface area contributed by atoms with Gasteiger partial charge >= 0.3 is 0 Å². The average molecular weight is 293 g/mol. The van der Waals surface area contributed by atoms with Crippen LogP contribution in [-0.4, -0.2) is 19.0 Å². The number of rotatable bonds is 4. The molecule has 3 nitrogen and oxygen atoms in total. The maximum absolute atomic E-state index is 5.95. The Labute approximate surface area is 129 Å². The van der Waals surface area contributed by atoms with Gasteiger partial charge in [0.2, 0.25) is 5.90 Å². The van der Waals surface area contributed by atoms with Crippen molar-refractivity contribution in [1.82, 2.24) is 0 Å². The molecule has 0 atom stereocenters. The Morgan fingerprint density at radius 2 is 1.86 bits per heavy atom. The fourth-order valence-electron chi connectivity index (χ4n) is 3.00. The van der Waals surface area contributed by atoms with Crippen molar-refractivity contribution in [1.29, 1.82) is 0 Å². The largest absolute Gasteiger partial charge is 0.476 e. The average Bonchev–Trinajstić information content (AvgIpc) is 3.19. The van der Waals surface area contributed by atoms with Crippen LogP contribution in [0.2, 0.25) is 0 Å². The first-order valence-corrected chi connectivity index (χ1v) is 7.98. The normalized spacial score (nSPS) is 14.5. The summed E-state index contributed by atoms with van der Waals surface area (Å²) in [6.45, 7) is 3.65. The van der Waals surface area contributed by atoms with Crippen LogP contribution in [0, 0.1) is 0 Å². The van der Waals surface area contributed by atoms with Crippen LogP contribution < -0.4 is 0 Å². The number of furan rings is 1. The second-order valence-electron chi connectivity index (χ2n) is 5.78. The molecule has 1 aromatic heterocycles. The molecule has 3 heteroatoms. The molecule has 0 N–H and O–H groups in total. The van der Waals surface area contributed by atoms with Crippen molar-refractivity contribution in [2.75, 3.05) is 13.2 Å². The van der Waals surface area contributed by atoms with Crippen LogP contribution in [0.1, 0.15) is 30.9 Å². The van der Waals surface area contributed by atoms with Gasteiger partial charge in [-0.25, -0.2) is 4.99 Å². The van der Waals surface area contributed by atoms with Crippen molar-refractivity contribution < 1.29 is 9.15 Å². The van der Waals surface area contributed by atoms with Crippen LogP contribution in [-0.2, 0) is 11.2 Å². The molecule has 4 rings (SSSR count). The van der Waals surface area contributed by atoms with Crippen molar-refractivity contribution >= 4 is 27.8 Å². The van der Waals surface area contributed by atoms with Gasteiger partial charge in [0, 0.05) is 16.3 Å². The first-order valence-electron chi connectivity index (χ1n) is 7.98. The van der Waals surface area contributed by atoms with Crippen molar-refractivity contribution in [3.8, 4) is 0 Å². The topological polar surface area (TPSA) is 34.7 Å². The number of aryl methyl sites for hydroxylation is 1. The molecule has 0 fully saturated rings. The van der Waals surface area contributed by atoms with Crippen molar-refractivity contribution in [2.24, 2.45) is 4.99 Å². The van der Waals surface area contributed by atoms with Gasteiger partial charge in [-0.1, -0.05) is 19.4 Å². The molecule has 22 heavy (non-hydrogen) atoms. The van der Waals surface area contributed by atoms with Gasteiger partial charge in [0.15, 0.2) is 0 Å². The minimum absolute atomic E-state index is 0.681. The lowest BCUT2D eigenvalue weighted by molar-refractivity contribution is 0.348. The first kappa shape index (κ1) is 13.4. The summed E-state index contributed by atoms with van der Waals surface area (Å²) in [5.74, 6) is 0.749. The van der Waals surface area contributed by atoms with Crippen LogP contribution >= 0.6 is 0 Å². The van der Waals surface area contributed by atoms with Crippen LogP contribution in [0.5, 0.6) is 0 Å². The molecule has 0 spiro atoms. The summed E-state index contributed by atoms with van der Waals surface area (Å²) >= 11 is 0. The lowest BCUT2D eigenvalue weighted by Gasteiger charge is -2.02. The molecule has 3 aromatic rings. The summed E-state index contributed by atoms with van der Waals surface area (Å²) in [7, 11) is 0. The molecule has 0 saturated carbocycles. The van der Waals surface area contributed by atoms with E-state index >= 15 is 0 Å². The number of hydrogen-bond donors (Lipinski definition) is 0. The molecule has 0 unspecified atom stereocenters. The lowest BCUT2D eigenvalue weighted by atomic mass is 10.0. The van der Waals surface area contributed by atoms with E-state index < -0.39 is 0 Å². The smallest absolute Gasteiger partial charge is 0.216 e. The van der Waals surface area contributed by atoms with E-state index in [4.69, 9.17) is 9.15 Å². The lowest BCUT2D eigenvalue weighted by Crippen LogP contribution is -2.00. The molecule has 2 aromatic carbocycles. The Hall–Kier alpha value is -2.29. The molecular formula is C19H19NO2. The Morgan fingerprint density at radius 3 is 2.64 bits per heavy atom. The highest BCUT2D eigenvalue weighted by Crippen LogP contribution is 2.31. The highest BCUT2D eigenvalue weighted by molar-refractivity contribution is 6.08. The molecule has 2 heterocycles. The van der Waals surface area contributed by atoms with Gasteiger partial charge in [-0.2, -0.15) is 0 Å². The molecule has 1 aliphatic rings. The van der Waals surface area contributed by atoms with Crippen LogP contribution in [0.3, 0.4) is 0 Å². The second kappa shape index (κ2) is 5.48. The summed E-state index contributed by atoms with van der Waals surface area (Å²) in [4.78, 5) is 4.40. The monoisotopic (exact) mass is 293 g/mol. The van der Waals surface area contributed by atoms with E-state index in [1.54, 1.807) is 0 Å². The van der Waals surface area contributed by atoms with Gasteiger partial charge in [0.05, 0.1) is 6.54 Å². The summed E-state index contributed by atoms with van der Waals surface area (Å²) in [5, 5.41) is 2.33. The van der Waals surface area contributed by atoms with Crippen molar-refractivity contribution in [3.05, 3.63) is 47.5 Å². The Balaban J connectivity index is 1.83. The van der Waals surface area contributed by atoms with Crippen LogP contribution in [0.4, 0.5) is 0 Å². The zero-order chi connectivity index (χ0) is 14.9. The number of unbranched alkanes of at least 4 members (excludes halogenated alkanes) is 1.